The van der Waals surface area contributed by atoms with Crippen LogP contribution >= 0.6 is 22.6 Å². The minimum atomic E-state index is -1.58. The molecule has 0 amide bonds. The number of halogens is 1. The van der Waals surface area contributed by atoms with E-state index in [1.807, 2.05) is 0 Å². The molecule has 0 aromatic carbocycles. The van der Waals surface area contributed by atoms with Gasteiger partial charge in [-0.2, -0.15) is 0 Å². The summed E-state index contributed by atoms with van der Waals surface area (Å²) in [7, 11) is -1.58. The monoisotopic (exact) mass is 398 g/mol. The van der Waals surface area contributed by atoms with E-state index in [2.05, 4.69) is 63.4 Å². The molecule has 0 aliphatic carbocycles. The first kappa shape index (κ1) is 19.9. The Morgan fingerprint density at radius 2 is 1.58 bits per heavy atom. The van der Waals surface area contributed by atoms with Gasteiger partial charge in [0.2, 0.25) is 0 Å². The lowest BCUT2D eigenvalue weighted by Gasteiger charge is -2.39. The highest BCUT2D eigenvalue weighted by Gasteiger charge is 2.38. The first-order chi connectivity index (χ1) is 8.74. The zero-order valence-electron chi connectivity index (χ0n) is 14.0. The number of rotatable bonds is 10. The quantitative estimate of drug-likeness (QED) is 0.175. The second-order valence-corrected chi connectivity index (χ2v) is 13.0. The smallest absolute Gasteiger partial charge is 0.192 e. The van der Waals surface area contributed by atoms with Gasteiger partial charge in [0.25, 0.3) is 0 Å². The lowest BCUT2D eigenvalue weighted by atomic mass is 10.1. The summed E-state index contributed by atoms with van der Waals surface area (Å²) in [5.74, 6) is 0. The van der Waals surface area contributed by atoms with Gasteiger partial charge in [-0.05, 0) is 31.0 Å². The highest BCUT2D eigenvalue weighted by atomic mass is 127. The summed E-state index contributed by atoms with van der Waals surface area (Å²) in [4.78, 5) is 0. The summed E-state index contributed by atoms with van der Waals surface area (Å²) in [6.07, 6.45) is 9.83. The third-order valence-corrected chi connectivity index (χ3v) is 9.49. The average Bonchev–Trinajstić information content (AvgIpc) is 2.27. The van der Waals surface area contributed by atoms with Crippen LogP contribution in [0.15, 0.2) is 0 Å². The SMILES string of the molecule is CCCCCCC[C@H](CCI)O[Si](C)(C)C(C)(C)C. The molecule has 0 N–H and O–H groups in total. The molecule has 0 bridgehead atoms. The normalized spacial score (nSPS) is 14.7. The van der Waals surface area contributed by atoms with Crippen LogP contribution in [0.25, 0.3) is 0 Å². The molecule has 0 spiro atoms. The van der Waals surface area contributed by atoms with Crippen molar-refractivity contribution in [3.05, 3.63) is 0 Å². The fraction of sp³-hybridized carbons (Fsp3) is 1.00. The highest BCUT2D eigenvalue weighted by molar-refractivity contribution is 14.1. The molecule has 0 heterocycles. The van der Waals surface area contributed by atoms with E-state index in [0.717, 1.165) is 0 Å². The van der Waals surface area contributed by atoms with Crippen LogP contribution in [0, 0.1) is 0 Å². The van der Waals surface area contributed by atoms with E-state index >= 15 is 0 Å². The Kier molecular flexibility index (Phi) is 10.2. The fourth-order valence-electron chi connectivity index (χ4n) is 1.95. The zero-order chi connectivity index (χ0) is 14.9. The minimum Gasteiger partial charge on any atom is -0.414 e. The first-order valence-electron chi connectivity index (χ1n) is 7.98. The van der Waals surface area contributed by atoms with E-state index in [1.54, 1.807) is 0 Å². The average molecular weight is 398 g/mol. The third kappa shape index (κ3) is 8.71. The lowest BCUT2D eigenvalue weighted by molar-refractivity contribution is 0.165. The van der Waals surface area contributed by atoms with E-state index in [4.69, 9.17) is 4.43 Å². The molecule has 3 heteroatoms. The molecule has 0 rings (SSSR count). The molecule has 0 aromatic heterocycles. The van der Waals surface area contributed by atoms with Crippen molar-refractivity contribution in [1.82, 2.24) is 0 Å². The van der Waals surface area contributed by atoms with Crippen LogP contribution in [0.3, 0.4) is 0 Å². The van der Waals surface area contributed by atoms with Gasteiger partial charge in [0.1, 0.15) is 0 Å². The lowest BCUT2D eigenvalue weighted by Crippen LogP contribution is -2.44. The number of alkyl halides is 1. The summed E-state index contributed by atoms with van der Waals surface area (Å²) in [6.45, 7) is 14.0. The Balaban J connectivity index is 4.18. The minimum absolute atomic E-state index is 0.332. The predicted octanol–water partition coefficient (Wildman–Crippen LogP) is 6.56. The van der Waals surface area contributed by atoms with Crippen molar-refractivity contribution in [2.45, 2.75) is 96.9 Å². The van der Waals surface area contributed by atoms with Gasteiger partial charge in [0.15, 0.2) is 8.32 Å². The Labute approximate surface area is 136 Å². The van der Waals surface area contributed by atoms with Crippen molar-refractivity contribution in [3.8, 4) is 0 Å². The van der Waals surface area contributed by atoms with Crippen LogP contribution in [-0.2, 0) is 4.43 Å². The maximum Gasteiger partial charge on any atom is 0.192 e. The van der Waals surface area contributed by atoms with Gasteiger partial charge in [-0.25, -0.2) is 0 Å². The standard InChI is InChI=1S/C16H35IOSi/c1-7-8-9-10-11-12-15(13-14-17)18-19(5,6)16(2,3)4/h15H,7-14H2,1-6H3/t15-/m1/s1. The maximum atomic E-state index is 6.58. The van der Waals surface area contributed by atoms with Gasteiger partial charge >= 0.3 is 0 Å². The van der Waals surface area contributed by atoms with E-state index in [-0.39, 0.29) is 0 Å². The molecule has 0 fully saturated rings. The second-order valence-electron chi connectivity index (χ2n) is 7.18. The maximum absolute atomic E-state index is 6.58. The van der Waals surface area contributed by atoms with Crippen molar-refractivity contribution in [2.24, 2.45) is 0 Å². The van der Waals surface area contributed by atoms with Gasteiger partial charge in [-0.1, -0.05) is 82.4 Å². The highest BCUT2D eigenvalue weighted by Crippen LogP contribution is 2.38. The molecule has 0 radical (unpaired) electrons. The van der Waals surface area contributed by atoms with Crippen molar-refractivity contribution in [1.29, 1.82) is 0 Å². The van der Waals surface area contributed by atoms with E-state index < -0.39 is 8.32 Å². The number of hydrogen-bond acceptors (Lipinski definition) is 1. The largest absolute Gasteiger partial charge is 0.414 e. The molecule has 0 aliphatic heterocycles. The molecular weight excluding hydrogens is 363 g/mol. The van der Waals surface area contributed by atoms with Crippen LogP contribution in [0.5, 0.6) is 0 Å². The van der Waals surface area contributed by atoms with Crippen molar-refractivity contribution in [3.63, 3.8) is 0 Å². The van der Waals surface area contributed by atoms with Crippen LogP contribution in [0.1, 0.15) is 72.6 Å². The Bertz CT molecular complexity index is 223. The van der Waals surface area contributed by atoms with Gasteiger partial charge in [0, 0.05) is 10.5 Å². The fourth-order valence-corrected chi connectivity index (χ4v) is 4.07. The summed E-state index contributed by atoms with van der Waals surface area (Å²) < 4.78 is 7.80. The molecule has 0 saturated heterocycles. The third-order valence-electron chi connectivity index (χ3n) is 4.33. The van der Waals surface area contributed by atoms with E-state index in [0.29, 0.717) is 11.1 Å². The molecule has 0 saturated carbocycles. The van der Waals surface area contributed by atoms with Crippen molar-refractivity contribution in [2.75, 3.05) is 4.43 Å². The summed E-state index contributed by atoms with van der Waals surface area (Å²) in [6, 6.07) is 0. The van der Waals surface area contributed by atoms with Gasteiger partial charge in [-0.15, -0.1) is 0 Å². The molecule has 0 unspecified atom stereocenters. The molecule has 19 heavy (non-hydrogen) atoms. The van der Waals surface area contributed by atoms with E-state index in [9.17, 15) is 0 Å². The van der Waals surface area contributed by atoms with Gasteiger partial charge in [-0.3, -0.25) is 0 Å². The Morgan fingerprint density at radius 1 is 1.00 bits per heavy atom. The topological polar surface area (TPSA) is 9.23 Å². The summed E-state index contributed by atoms with van der Waals surface area (Å²) in [5, 5.41) is 0.332. The van der Waals surface area contributed by atoms with Crippen molar-refractivity contribution >= 4 is 30.9 Å². The van der Waals surface area contributed by atoms with Crippen LogP contribution < -0.4 is 0 Å². The van der Waals surface area contributed by atoms with Gasteiger partial charge < -0.3 is 4.43 Å². The first-order valence-corrected chi connectivity index (χ1v) is 12.4. The molecular formula is C16H35IOSi. The Morgan fingerprint density at radius 3 is 2.05 bits per heavy atom. The predicted molar refractivity (Wildman–Crippen MR) is 99.0 cm³/mol. The number of unbranched alkanes of at least 4 members (excludes halogenated alkanes) is 4. The Hall–Kier alpha value is 0.907. The van der Waals surface area contributed by atoms with Crippen molar-refractivity contribution < 1.29 is 4.43 Å². The second kappa shape index (κ2) is 9.77. The molecule has 0 aromatic rings. The van der Waals surface area contributed by atoms with E-state index in [1.165, 1.54) is 49.4 Å². The molecule has 1 atom stereocenters. The van der Waals surface area contributed by atoms with Crippen LogP contribution in [0.2, 0.25) is 18.1 Å². The van der Waals surface area contributed by atoms with Crippen LogP contribution in [-0.4, -0.2) is 18.8 Å². The zero-order valence-corrected chi connectivity index (χ0v) is 17.2. The molecule has 0 aliphatic rings. The van der Waals surface area contributed by atoms with Crippen LogP contribution in [0.4, 0.5) is 0 Å². The molecule has 1 nitrogen and oxygen atoms in total. The molecule has 116 valence electrons. The number of hydrogen-bond donors (Lipinski definition) is 0. The summed E-state index contributed by atoms with van der Waals surface area (Å²) >= 11 is 2.48. The van der Waals surface area contributed by atoms with Gasteiger partial charge in [0.05, 0.1) is 0 Å². The summed E-state index contributed by atoms with van der Waals surface area (Å²) in [5.41, 5.74) is 0.